The minimum Gasteiger partial charge on any atom is -0.248 e. The van der Waals surface area contributed by atoms with Crippen molar-refractivity contribution in [3.8, 4) is 11.4 Å². The lowest BCUT2D eigenvalue weighted by Gasteiger charge is -2.06. The van der Waals surface area contributed by atoms with E-state index in [0.717, 1.165) is 28.1 Å². The van der Waals surface area contributed by atoms with E-state index in [0.29, 0.717) is 5.82 Å². The van der Waals surface area contributed by atoms with Crippen LogP contribution in [-0.2, 0) is 0 Å². The average Bonchev–Trinajstić information content (AvgIpc) is 3.16. The third-order valence-electron chi connectivity index (χ3n) is 3.26. The maximum atomic E-state index is 4.67. The minimum atomic E-state index is 0.577. The van der Waals surface area contributed by atoms with E-state index in [2.05, 4.69) is 38.1 Å². The van der Waals surface area contributed by atoms with Gasteiger partial charge in [-0.2, -0.15) is 5.21 Å². The predicted octanol–water partition coefficient (Wildman–Crippen LogP) is 2.61. The van der Waals surface area contributed by atoms with E-state index < -0.39 is 0 Å². The van der Waals surface area contributed by atoms with E-state index in [1.165, 1.54) is 0 Å². The molecule has 1 aliphatic heterocycles. The number of fused-ring (bicyclic) bond motifs is 1. The fourth-order valence-electron chi connectivity index (χ4n) is 2.34. The van der Waals surface area contributed by atoms with Crippen molar-refractivity contribution in [3.05, 3.63) is 59.7 Å². The van der Waals surface area contributed by atoms with Gasteiger partial charge >= 0.3 is 0 Å². The highest BCUT2D eigenvalue weighted by Gasteiger charge is 2.18. The Morgan fingerprint density at radius 1 is 0.850 bits per heavy atom. The molecule has 0 aliphatic carbocycles. The van der Waals surface area contributed by atoms with Gasteiger partial charge in [0.25, 0.3) is 0 Å². The van der Waals surface area contributed by atoms with Gasteiger partial charge in [0.1, 0.15) is 0 Å². The first-order chi connectivity index (χ1) is 9.92. The van der Waals surface area contributed by atoms with E-state index in [1.807, 2.05) is 42.5 Å². The number of aromatic amines is 1. The van der Waals surface area contributed by atoms with Crippen LogP contribution in [-0.4, -0.2) is 20.6 Å². The standard InChI is InChI=1S/C15H10N5/c1-4-8-13-10(5-1)9-14(16-13)11-6-2-3-7-12(11)15-17-19-20-18-15/h1-9H,(H,17,18,19,20). The van der Waals surface area contributed by atoms with Crippen LogP contribution in [0.25, 0.3) is 23.2 Å². The van der Waals surface area contributed by atoms with Crippen molar-refractivity contribution in [3.63, 3.8) is 0 Å². The summed E-state index contributed by atoms with van der Waals surface area (Å²) in [5, 5.41) is 18.9. The van der Waals surface area contributed by atoms with Gasteiger partial charge in [-0.15, -0.1) is 10.2 Å². The first-order valence-corrected chi connectivity index (χ1v) is 6.27. The molecule has 4 rings (SSSR count). The van der Waals surface area contributed by atoms with Crippen LogP contribution in [0.4, 0.5) is 5.69 Å². The number of rotatable bonds is 2. The molecule has 0 saturated heterocycles. The van der Waals surface area contributed by atoms with Crippen LogP contribution < -0.4 is 5.32 Å². The number of H-pyrrole nitrogens is 1. The summed E-state index contributed by atoms with van der Waals surface area (Å²) in [5.74, 6) is 0.577. The Morgan fingerprint density at radius 3 is 2.45 bits per heavy atom. The largest absolute Gasteiger partial charge is 0.248 e. The molecule has 0 amide bonds. The predicted molar refractivity (Wildman–Crippen MR) is 75.7 cm³/mol. The molecule has 95 valence electrons. The highest BCUT2D eigenvalue weighted by molar-refractivity contribution is 5.94. The summed E-state index contributed by atoms with van der Waals surface area (Å²) in [6.07, 6.45) is 2.08. The van der Waals surface area contributed by atoms with Crippen LogP contribution in [0.3, 0.4) is 0 Å². The first-order valence-electron chi connectivity index (χ1n) is 6.27. The molecule has 1 aromatic heterocycles. The molecule has 0 spiro atoms. The zero-order valence-corrected chi connectivity index (χ0v) is 10.5. The first kappa shape index (κ1) is 10.9. The van der Waals surface area contributed by atoms with E-state index >= 15 is 0 Å². The molecule has 0 unspecified atom stereocenters. The van der Waals surface area contributed by atoms with Gasteiger partial charge in [-0.3, -0.25) is 0 Å². The zero-order chi connectivity index (χ0) is 13.4. The van der Waals surface area contributed by atoms with Crippen molar-refractivity contribution in [2.45, 2.75) is 0 Å². The van der Waals surface area contributed by atoms with Crippen molar-refractivity contribution in [1.82, 2.24) is 25.9 Å². The lowest BCUT2D eigenvalue weighted by atomic mass is 10.0. The summed E-state index contributed by atoms with van der Waals surface area (Å²) in [6.45, 7) is 0. The van der Waals surface area contributed by atoms with Crippen LogP contribution >= 0.6 is 0 Å². The van der Waals surface area contributed by atoms with Gasteiger partial charge < -0.3 is 0 Å². The molecular weight excluding hydrogens is 250 g/mol. The highest BCUT2D eigenvalue weighted by Crippen LogP contribution is 2.35. The van der Waals surface area contributed by atoms with Crippen molar-refractivity contribution >= 4 is 17.5 Å². The maximum absolute atomic E-state index is 4.67. The second-order valence-corrected chi connectivity index (χ2v) is 4.48. The second-order valence-electron chi connectivity index (χ2n) is 4.48. The highest BCUT2D eigenvalue weighted by atomic mass is 15.5. The van der Waals surface area contributed by atoms with Gasteiger partial charge in [0.05, 0.1) is 11.4 Å². The Morgan fingerprint density at radius 2 is 1.65 bits per heavy atom. The lowest BCUT2D eigenvalue weighted by Crippen LogP contribution is -1.96. The summed E-state index contributed by atoms with van der Waals surface area (Å²) in [6, 6.07) is 16.0. The monoisotopic (exact) mass is 260 g/mol. The van der Waals surface area contributed by atoms with Crippen molar-refractivity contribution in [1.29, 1.82) is 0 Å². The van der Waals surface area contributed by atoms with Gasteiger partial charge in [-0.05, 0) is 17.4 Å². The summed E-state index contributed by atoms with van der Waals surface area (Å²) < 4.78 is 0. The molecule has 5 nitrogen and oxygen atoms in total. The van der Waals surface area contributed by atoms with Gasteiger partial charge in [0.2, 0.25) is 5.82 Å². The molecule has 3 aromatic rings. The summed E-state index contributed by atoms with van der Waals surface area (Å²) in [5.41, 5.74) is 4.97. The number of nitrogens with one attached hydrogen (secondary N) is 1. The molecule has 0 saturated carbocycles. The number of tetrazole rings is 1. The molecule has 1 aliphatic rings. The third-order valence-corrected chi connectivity index (χ3v) is 3.26. The summed E-state index contributed by atoms with van der Waals surface area (Å²) >= 11 is 0. The van der Waals surface area contributed by atoms with Gasteiger partial charge in [0, 0.05) is 16.7 Å². The van der Waals surface area contributed by atoms with Crippen LogP contribution in [0.5, 0.6) is 0 Å². The van der Waals surface area contributed by atoms with Crippen molar-refractivity contribution in [2.75, 3.05) is 0 Å². The lowest BCUT2D eigenvalue weighted by molar-refractivity contribution is 0.881. The molecule has 20 heavy (non-hydrogen) atoms. The molecule has 2 heterocycles. The topological polar surface area (TPSA) is 68.6 Å². The van der Waals surface area contributed by atoms with Crippen molar-refractivity contribution in [2.24, 2.45) is 0 Å². The molecule has 5 heteroatoms. The van der Waals surface area contributed by atoms with Gasteiger partial charge in [0.15, 0.2) is 0 Å². The normalized spacial score (nSPS) is 12.7. The Bertz CT molecular complexity index is 790. The van der Waals surface area contributed by atoms with E-state index in [9.17, 15) is 0 Å². The minimum absolute atomic E-state index is 0.577. The number of hydrogen-bond acceptors (Lipinski definition) is 3. The van der Waals surface area contributed by atoms with E-state index in [4.69, 9.17) is 0 Å². The second kappa shape index (κ2) is 4.31. The Kier molecular flexibility index (Phi) is 2.35. The number of aromatic nitrogens is 4. The number of hydrogen-bond donors (Lipinski definition) is 1. The molecule has 1 radical (unpaired) electrons. The van der Waals surface area contributed by atoms with Gasteiger partial charge in [-0.1, -0.05) is 42.5 Å². The molecule has 1 N–H and O–H groups in total. The third kappa shape index (κ3) is 1.68. The van der Waals surface area contributed by atoms with E-state index in [1.54, 1.807) is 0 Å². The fourth-order valence-corrected chi connectivity index (χ4v) is 2.34. The summed E-state index contributed by atoms with van der Waals surface area (Å²) in [7, 11) is 0. The Balaban J connectivity index is 1.82. The summed E-state index contributed by atoms with van der Waals surface area (Å²) in [4.78, 5) is 0. The number of para-hydroxylation sites is 1. The van der Waals surface area contributed by atoms with Crippen LogP contribution in [0, 0.1) is 0 Å². The number of benzene rings is 2. The SMILES string of the molecule is C1=C(c2ccccc2-c2nn[nH]n2)[N]c2ccccc21. The molecular formula is C15H10N5. The molecule has 0 fully saturated rings. The van der Waals surface area contributed by atoms with Crippen LogP contribution in [0.15, 0.2) is 48.5 Å². The average molecular weight is 260 g/mol. The van der Waals surface area contributed by atoms with Crippen LogP contribution in [0.1, 0.15) is 11.1 Å². The Labute approximate surface area is 115 Å². The number of nitrogens with zero attached hydrogens (tertiary/aromatic N) is 4. The quantitative estimate of drug-likeness (QED) is 0.770. The fraction of sp³-hybridized carbons (Fsp3) is 0. The smallest absolute Gasteiger partial charge is 0.205 e. The molecule has 2 aromatic carbocycles. The van der Waals surface area contributed by atoms with E-state index in [-0.39, 0.29) is 0 Å². The maximum Gasteiger partial charge on any atom is 0.205 e. The van der Waals surface area contributed by atoms with Crippen LogP contribution in [0.2, 0.25) is 0 Å². The Hall–Kier alpha value is -2.95. The molecule has 0 bridgehead atoms. The molecule has 0 atom stereocenters. The van der Waals surface area contributed by atoms with Crippen molar-refractivity contribution < 1.29 is 0 Å². The van der Waals surface area contributed by atoms with Gasteiger partial charge in [-0.25, -0.2) is 5.32 Å². The zero-order valence-electron chi connectivity index (χ0n) is 10.5.